The van der Waals surface area contributed by atoms with Crippen LogP contribution in [0.15, 0.2) is 0 Å². The second kappa shape index (κ2) is 7.26. The molecule has 3 atom stereocenters. The Morgan fingerprint density at radius 1 is 1.15 bits per heavy atom. The van der Waals surface area contributed by atoms with Crippen molar-refractivity contribution in [2.75, 3.05) is 13.6 Å². The van der Waals surface area contributed by atoms with Gasteiger partial charge in [0.2, 0.25) is 0 Å². The van der Waals surface area contributed by atoms with Gasteiger partial charge in [0.05, 0.1) is 11.7 Å². The van der Waals surface area contributed by atoms with Crippen LogP contribution in [0.5, 0.6) is 0 Å². The third-order valence-electron chi connectivity index (χ3n) is 5.63. The van der Waals surface area contributed by atoms with Crippen molar-refractivity contribution >= 4 is 0 Å². The number of likely N-dealkylation sites (N-methyl/N-ethyl adjacent to an activating group) is 1. The lowest BCUT2D eigenvalue weighted by atomic mass is 9.74. The molecule has 0 amide bonds. The van der Waals surface area contributed by atoms with Gasteiger partial charge in [-0.05, 0) is 50.5 Å². The van der Waals surface area contributed by atoms with Crippen LogP contribution < -0.4 is 5.32 Å². The molecule has 0 bridgehead atoms. The second-order valence-corrected chi connectivity index (χ2v) is 7.76. The Labute approximate surface area is 126 Å². The Morgan fingerprint density at radius 3 is 2.45 bits per heavy atom. The third kappa shape index (κ3) is 3.98. The first-order valence-electron chi connectivity index (χ1n) is 8.89. The number of hydrogen-bond acceptors (Lipinski definition) is 2. The zero-order valence-corrected chi connectivity index (χ0v) is 14.1. The van der Waals surface area contributed by atoms with E-state index in [2.05, 4.69) is 33.1 Å². The number of ether oxygens (including phenoxy) is 1. The molecular weight excluding hydrogens is 246 g/mol. The van der Waals surface area contributed by atoms with Crippen molar-refractivity contribution in [1.82, 2.24) is 5.32 Å². The molecule has 0 heterocycles. The molecule has 2 aliphatic rings. The molecule has 0 aliphatic heterocycles. The van der Waals surface area contributed by atoms with Crippen LogP contribution in [-0.2, 0) is 4.74 Å². The van der Waals surface area contributed by atoms with E-state index in [4.69, 9.17) is 4.74 Å². The van der Waals surface area contributed by atoms with Crippen LogP contribution in [0.3, 0.4) is 0 Å². The molecule has 2 heteroatoms. The highest BCUT2D eigenvalue weighted by Crippen LogP contribution is 2.40. The van der Waals surface area contributed by atoms with Gasteiger partial charge in [0.1, 0.15) is 0 Å². The minimum absolute atomic E-state index is 0.127. The summed E-state index contributed by atoms with van der Waals surface area (Å²) < 4.78 is 6.84. The summed E-state index contributed by atoms with van der Waals surface area (Å²) in [6.45, 7) is 8.19. The van der Waals surface area contributed by atoms with E-state index in [0.29, 0.717) is 6.10 Å². The maximum atomic E-state index is 6.84. The predicted molar refractivity (Wildman–Crippen MR) is 86.0 cm³/mol. The normalized spacial score (nSPS) is 34.4. The molecule has 0 aromatic heterocycles. The molecule has 20 heavy (non-hydrogen) atoms. The maximum absolute atomic E-state index is 6.84. The van der Waals surface area contributed by atoms with E-state index >= 15 is 0 Å². The van der Waals surface area contributed by atoms with Crippen LogP contribution in [0.2, 0.25) is 0 Å². The van der Waals surface area contributed by atoms with Gasteiger partial charge in [-0.1, -0.05) is 46.5 Å². The van der Waals surface area contributed by atoms with Crippen LogP contribution in [0.25, 0.3) is 0 Å². The van der Waals surface area contributed by atoms with Gasteiger partial charge in [-0.15, -0.1) is 0 Å². The summed E-state index contributed by atoms with van der Waals surface area (Å²) in [4.78, 5) is 0. The molecule has 2 aliphatic carbocycles. The van der Waals surface area contributed by atoms with E-state index in [0.717, 1.165) is 24.3 Å². The highest BCUT2D eigenvalue weighted by atomic mass is 16.5. The van der Waals surface area contributed by atoms with Crippen LogP contribution in [0.4, 0.5) is 0 Å². The Kier molecular flexibility index (Phi) is 5.92. The summed E-state index contributed by atoms with van der Waals surface area (Å²) in [5.74, 6) is 2.36. The highest BCUT2D eigenvalue weighted by Gasteiger charge is 2.39. The van der Waals surface area contributed by atoms with E-state index in [1.807, 2.05) is 0 Å². The molecular formula is C18H35NO. The summed E-state index contributed by atoms with van der Waals surface area (Å²) in [5, 5.41) is 3.40. The molecule has 3 unspecified atom stereocenters. The molecule has 0 spiro atoms. The predicted octanol–water partition coefficient (Wildman–Crippen LogP) is 4.39. The average Bonchev–Trinajstić information content (AvgIpc) is 2.39. The van der Waals surface area contributed by atoms with Crippen molar-refractivity contribution in [2.24, 2.45) is 17.8 Å². The fourth-order valence-corrected chi connectivity index (χ4v) is 4.43. The average molecular weight is 281 g/mol. The minimum Gasteiger partial charge on any atom is -0.370 e. The molecule has 0 radical (unpaired) electrons. The Morgan fingerprint density at radius 2 is 1.85 bits per heavy atom. The molecule has 2 rings (SSSR count). The number of hydrogen-bond donors (Lipinski definition) is 1. The van der Waals surface area contributed by atoms with Crippen LogP contribution in [0.1, 0.15) is 72.1 Å². The van der Waals surface area contributed by atoms with Gasteiger partial charge in [-0.3, -0.25) is 0 Å². The minimum atomic E-state index is 0.127. The third-order valence-corrected chi connectivity index (χ3v) is 5.63. The van der Waals surface area contributed by atoms with Crippen molar-refractivity contribution in [3.63, 3.8) is 0 Å². The molecule has 1 N–H and O–H groups in total. The molecule has 0 saturated heterocycles. The van der Waals surface area contributed by atoms with Crippen LogP contribution >= 0.6 is 0 Å². The molecule has 2 fully saturated rings. The smallest absolute Gasteiger partial charge is 0.0810 e. The standard InChI is InChI=1S/C18H35NO/c1-14(2)16-9-8-15(3)12-17(16)20-18(13-19-4)10-6-5-7-11-18/h14-17,19H,5-13H2,1-4H3. The molecule has 0 aromatic carbocycles. The Balaban J connectivity index is 2.05. The first kappa shape index (κ1) is 16.3. The zero-order valence-electron chi connectivity index (χ0n) is 14.1. The molecule has 0 aromatic rings. The van der Waals surface area contributed by atoms with Crippen LogP contribution in [0, 0.1) is 17.8 Å². The quantitative estimate of drug-likeness (QED) is 0.807. The van der Waals surface area contributed by atoms with E-state index < -0.39 is 0 Å². The van der Waals surface area contributed by atoms with Gasteiger partial charge in [0.15, 0.2) is 0 Å². The first-order chi connectivity index (χ1) is 9.56. The van der Waals surface area contributed by atoms with Crippen LogP contribution in [-0.4, -0.2) is 25.3 Å². The number of rotatable bonds is 5. The van der Waals surface area contributed by atoms with Gasteiger partial charge in [-0.25, -0.2) is 0 Å². The first-order valence-corrected chi connectivity index (χ1v) is 8.89. The summed E-state index contributed by atoms with van der Waals surface area (Å²) >= 11 is 0. The lowest BCUT2D eigenvalue weighted by molar-refractivity contribution is -0.151. The van der Waals surface area contributed by atoms with Crippen molar-refractivity contribution in [1.29, 1.82) is 0 Å². The van der Waals surface area contributed by atoms with Crippen molar-refractivity contribution < 1.29 is 4.74 Å². The van der Waals surface area contributed by atoms with Gasteiger partial charge in [0, 0.05) is 6.54 Å². The number of nitrogens with one attached hydrogen (secondary N) is 1. The summed E-state index contributed by atoms with van der Waals surface area (Å²) in [6.07, 6.45) is 11.1. The summed E-state index contributed by atoms with van der Waals surface area (Å²) in [6, 6.07) is 0. The summed E-state index contributed by atoms with van der Waals surface area (Å²) in [5.41, 5.74) is 0.127. The van der Waals surface area contributed by atoms with Gasteiger partial charge >= 0.3 is 0 Å². The highest BCUT2D eigenvalue weighted by molar-refractivity contribution is 4.90. The van der Waals surface area contributed by atoms with Crippen molar-refractivity contribution in [3.8, 4) is 0 Å². The van der Waals surface area contributed by atoms with Gasteiger partial charge in [0.25, 0.3) is 0 Å². The Bertz CT molecular complexity index is 278. The van der Waals surface area contributed by atoms with Crippen molar-refractivity contribution in [2.45, 2.75) is 83.8 Å². The molecule has 2 saturated carbocycles. The van der Waals surface area contributed by atoms with E-state index in [-0.39, 0.29) is 5.60 Å². The monoisotopic (exact) mass is 281 g/mol. The zero-order chi connectivity index (χ0) is 14.6. The molecule has 2 nitrogen and oxygen atoms in total. The van der Waals surface area contributed by atoms with Gasteiger partial charge in [-0.2, -0.15) is 0 Å². The van der Waals surface area contributed by atoms with E-state index in [1.54, 1.807) is 0 Å². The lowest BCUT2D eigenvalue weighted by Crippen LogP contribution is -2.49. The second-order valence-electron chi connectivity index (χ2n) is 7.76. The van der Waals surface area contributed by atoms with Crippen molar-refractivity contribution in [3.05, 3.63) is 0 Å². The van der Waals surface area contributed by atoms with E-state index in [9.17, 15) is 0 Å². The topological polar surface area (TPSA) is 21.3 Å². The summed E-state index contributed by atoms with van der Waals surface area (Å²) in [7, 11) is 2.07. The maximum Gasteiger partial charge on any atom is 0.0810 e. The Hall–Kier alpha value is -0.0800. The van der Waals surface area contributed by atoms with E-state index in [1.165, 1.54) is 51.4 Å². The van der Waals surface area contributed by atoms with Gasteiger partial charge < -0.3 is 10.1 Å². The fraction of sp³-hybridized carbons (Fsp3) is 1.00. The fourth-order valence-electron chi connectivity index (χ4n) is 4.43. The molecule has 118 valence electrons. The SMILES string of the molecule is CNCC1(OC2CC(C)CCC2C(C)C)CCCCC1. The lowest BCUT2D eigenvalue weighted by Gasteiger charge is -2.45. The largest absolute Gasteiger partial charge is 0.370 e.